The quantitative estimate of drug-likeness (QED) is 0.175. The summed E-state index contributed by atoms with van der Waals surface area (Å²) in [5.41, 5.74) is 5.75. The van der Waals surface area contributed by atoms with Crippen molar-refractivity contribution >= 4 is 0 Å². The smallest absolute Gasteiger partial charge is 0.227 e. The zero-order chi connectivity index (χ0) is 24.5. The number of ether oxygens (including phenoxy) is 2. The van der Waals surface area contributed by atoms with E-state index in [2.05, 4.69) is 73.2 Å². The van der Waals surface area contributed by atoms with E-state index in [0.29, 0.717) is 0 Å². The fraction of sp³-hybridized carbons (Fsp3) is 0.484. The van der Waals surface area contributed by atoms with Gasteiger partial charge in [-0.15, -0.1) is 0 Å². The predicted octanol–water partition coefficient (Wildman–Crippen LogP) is 8.32. The van der Waals surface area contributed by atoms with Crippen LogP contribution in [-0.4, -0.2) is 22.4 Å². The number of rotatable bonds is 14. The molecule has 0 radical (unpaired) electrons. The van der Waals surface area contributed by atoms with Crippen LogP contribution in [0, 0.1) is 6.92 Å². The maximum absolute atomic E-state index is 6.05. The van der Waals surface area contributed by atoms with Crippen molar-refractivity contribution in [1.82, 2.24) is 9.97 Å². The molecule has 0 bridgehead atoms. The van der Waals surface area contributed by atoms with E-state index in [1.54, 1.807) is 0 Å². The van der Waals surface area contributed by atoms with E-state index in [0.717, 1.165) is 35.5 Å². The molecule has 0 saturated carbocycles. The lowest BCUT2D eigenvalue weighted by atomic mass is 10.0. The van der Waals surface area contributed by atoms with Crippen LogP contribution in [0.1, 0.15) is 82.8 Å². The summed E-state index contributed by atoms with van der Waals surface area (Å²) in [6, 6.07) is 14.9. The molecule has 4 nitrogen and oxygen atoms in total. The van der Waals surface area contributed by atoms with Crippen molar-refractivity contribution in [3.8, 4) is 28.3 Å². The zero-order valence-electron chi connectivity index (χ0n) is 21.6. The maximum atomic E-state index is 6.05. The standard InChI is InChI=1S/C31H40N2O2/c1-4-6-8-9-10-11-12-24-21-32-30(33-22-24)26-16-14-25(15-17-26)27-18-19-28(23(3)20-27)34-31-29(35-31)13-7-5-2/h14-22,29,31H,4-13H2,1-3H3/t29-,31+/m0/s1. The number of hydrogen-bond donors (Lipinski definition) is 0. The molecule has 186 valence electrons. The molecule has 2 heterocycles. The lowest BCUT2D eigenvalue weighted by Crippen LogP contribution is -2.04. The van der Waals surface area contributed by atoms with Crippen LogP contribution in [0.4, 0.5) is 0 Å². The summed E-state index contributed by atoms with van der Waals surface area (Å²) in [6.07, 6.45) is 16.5. The van der Waals surface area contributed by atoms with Crippen LogP contribution < -0.4 is 4.74 Å². The molecule has 3 aromatic rings. The Morgan fingerprint density at radius 2 is 1.43 bits per heavy atom. The average Bonchev–Trinajstić information content (AvgIpc) is 3.64. The van der Waals surface area contributed by atoms with Crippen LogP contribution in [0.5, 0.6) is 5.75 Å². The average molecular weight is 473 g/mol. The second-order valence-corrected chi connectivity index (χ2v) is 9.79. The summed E-state index contributed by atoms with van der Waals surface area (Å²) in [5, 5.41) is 0. The predicted molar refractivity (Wildman–Crippen MR) is 144 cm³/mol. The topological polar surface area (TPSA) is 47.5 Å². The van der Waals surface area contributed by atoms with E-state index < -0.39 is 0 Å². The molecule has 1 aromatic heterocycles. The summed E-state index contributed by atoms with van der Waals surface area (Å²) < 4.78 is 11.7. The van der Waals surface area contributed by atoms with Gasteiger partial charge >= 0.3 is 0 Å². The molecule has 2 atom stereocenters. The fourth-order valence-corrected chi connectivity index (χ4v) is 4.48. The van der Waals surface area contributed by atoms with E-state index >= 15 is 0 Å². The molecule has 1 saturated heterocycles. The first kappa shape index (κ1) is 25.4. The molecular formula is C31H40N2O2. The first-order valence-electron chi connectivity index (χ1n) is 13.5. The lowest BCUT2D eigenvalue weighted by Gasteiger charge is -2.10. The Morgan fingerprint density at radius 1 is 0.771 bits per heavy atom. The Morgan fingerprint density at radius 3 is 2.14 bits per heavy atom. The molecule has 1 aliphatic rings. The van der Waals surface area contributed by atoms with Gasteiger partial charge in [-0.1, -0.05) is 89.1 Å². The van der Waals surface area contributed by atoms with Crippen molar-refractivity contribution < 1.29 is 9.47 Å². The minimum atomic E-state index is -0.0810. The van der Waals surface area contributed by atoms with E-state index in [4.69, 9.17) is 9.47 Å². The molecule has 1 aliphatic heterocycles. The maximum Gasteiger partial charge on any atom is 0.227 e. The van der Waals surface area contributed by atoms with Crippen molar-refractivity contribution in [2.75, 3.05) is 0 Å². The molecule has 0 aliphatic carbocycles. The van der Waals surface area contributed by atoms with Gasteiger partial charge < -0.3 is 9.47 Å². The van der Waals surface area contributed by atoms with Gasteiger partial charge in [0.25, 0.3) is 0 Å². The third-order valence-electron chi connectivity index (χ3n) is 6.80. The van der Waals surface area contributed by atoms with Crippen LogP contribution >= 0.6 is 0 Å². The molecule has 4 heteroatoms. The molecule has 0 N–H and O–H groups in total. The van der Waals surface area contributed by atoms with Crippen LogP contribution in [0.15, 0.2) is 54.9 Å². The van der Waals surface area contributed by atoms with Crippen molar-refractivity contribution in [3.63, 3.8) is 0 Å². The summed E-state index contributed by atoms with van der Waals surface area (Å²) in [6.45, 7) is 6.56. The Kier molecular flexibility index (Phi) is 9.30. The Bertz CT molecular complexity index is 1050. The molecule has 1 fully saturated rings. The van der Waals surface area contributed by atoms with Gasteiger partial charge in [0.2, 0.25) is 6.29 Å². The largest absolute Gasteiger partial charge is 0.462 e. The number of nitrogens with zero attached hydrogens (tertiary/aromatic N) is 2. The summed E-state index contributed by atoms with van der Waals surface area (Å²) >= 11 is 0. The number of aromatic nitrogens is 2. The summed E-state index contributed by atoms with van der Waals surface area (Å²) in [5.74, 6) is 1.69. The first-order valence-corrected chi connectivity index (χ1v) is 13.5. The second kappa shape index (κ2) is 12.8. The summed E-state index contributed by atoms with van der Waals surface area (Å²) in [7, 11) is 0. The number of hydrogen-bond acceptors (Lipinski definition) is 4. The van der Waals surface area contributed by atoms with E-state index in [1.807, 2.05) is 12.4 Å². The van der Waals surface area contributed by atoms with Gasteiger partial charge in [-0.25, -0.2) is 9.97 Å². The third kappa shape index (κ3) is 7.38. The molecule has 4 rings (SSSR count). The van der Waals surface area contributed by atoms with Gasteiger partial charge in [-0.05, 0) is 60.6 Å². The van der Waals surface area contributed by atoms with Crippen LogP contribution in [0.25, 0.3) is 22.5 Å². The molecular weight excluding hydrogens is 432 g/mol. The minimum absolute atomic E-state index is 0.0810. The third-order valence-corrected chi connectivity index (χ3v) is 6.80. The Labute approximate surface area is 211 Å². The molecule has 35 heavy (non-hydrogen) atoms. The highest BCUT2D eigenvalue weighted by Gasteiger charge is 2.40. The van der Waals surface area contributed by atoms with Crippen molar-refractivity contribution in [1.29, 1.82) is 0 Å². The molecule has 2 aromatic carbocycles. The highest BCUT2D eigenvalue weighted by atomic mass is 16.8. The number of benzene rings is 2. The van der Waals surface area contributed by atoms with Gasteiger partial charge in [0.15, 0.2) is 5.82 Å². The normalized spacial score (nSPS) is 16.9. The van der Waals surface area contributed by atoms with Gasteiger partial charge in [0.05, 0.1) is 0 Å². The number of aryl methyl sites for hydroxylation is 2. The van der Waals surface area contributed by atoms with Gasteiger partial charge in [0, 0.05) is 18.0 Å². The van der Waals surface area contributed by atoms with Gasteiger partial charge in [-0.2, -0.15) is 0 Å². The second-order valence-electron chi connectivity index (χ2n) is 9.79. The summed E-state index contributed by atoms with van der Waals surface area (Å²) in [4.78, 5) is 9.25. The molecule has 0 amide bonds. The highest BCUT2D eigenvalue weighted by molar-refractivity contribution is 5.69. The van der Waals surface area contributed by atoms with Crippen LogP contribution in [0.2, 0.25) is 0 Å². The first-order chi connectivity index (χ1) is 17.2. The fourth-order valence-electron chi connectivity index (χ4n) is 4.48. The van der Waals surface area contributed by atoms with E-state index in [9.17, 15) is 0 Å². The van der Waals surface area contributed by atoms with Crippen molar-refractivity contribution in [3.05, 3.63) is 66.0 Å². The van der Waals surface area contributed by atoms with Crippen LogP contribution in [0.3, 0.4) is 0 Å². The Hall–Kier alpha value is -2.72. The van der Waals surface area contributed by atoms with Crippen molar-refractivity contribution in [2.24, 2.45) is 0 Å². The van der Waals surface area contributed by atoms with Gasteiger partial charge in [0.1, 0.15) is 11.9 Å². The Balaban J connectivity index is 1.30. The van der Waals surface area contributed by atoms with Crippen LogP contribution in [-0.2, 0) is 11.2 Å². The SMILES string of the molecule is CCCCCCCCc1cnc(-c2ccc(-c3ccc(O[C@@H]4O[C@H]4CCCC)c(C)c3)cc2)nc1. The molecule has 0 spiro atoms. The zero-order valence-corrected chi connectivity index (χ0v) is 21.6. The van der Waals surface area contributed by atoms with E-state index in [-0.39, 0.29) is 12.4 Å². The van der Waals surface area contributed by atoms with Gasteiger partial charge in [-0.3, -0.25) is 0 Å². The lowest BCUT2D eigenvalue weighted by molar-refractivity contribution is 0.177. The monoisotopic (exact) mass is 472 g/mol. The number of unbranched alkanes of at least 4 members (excludes halogenated alkanes) is 6. The van der Waals surface area contributed by atoms with E-state index in [1.165, 1.54) is 68.1 Å². The molecule has 0 unspecified atom stereocenters. The minimum Gasteiger partial charge on any atom is -0.462 e. The number of epoxide rings is 1. The highest BCUT2D eigenvalue weighted by Crippen LogP contribution is 2.33. The van der Waals surface area contributed by atoms with Crippen molar-refractivity contribution in [2.45, 2.75) is 97.4 Å².